The molecule has 1 heterocycles. The van der Waals surface area contributed by atoms with Gasteiger partial charge in [-0.1, -0.05) is 18.7 Å². The van der Waals surface area contributed by atoms with E-state index in [9.17, 15) is 0 Å². The lowest BCUT2D eigenvalue weighted by molar-refractivity contribution is 0.130. The lowest BCUT2D eigenvalue weighted by atomic mass is 10.0. The molecular weight excluding hydrogens is 214 g/mol. The molecule has 92 valence electrons. The molecule has 0 aromatic rings. The van der Waals surface area contributed by atoms with Crippen molar-refractivity contribution in [1.29, 1.82) is 0 Å². The molecule has 1 aliphatic rings. The van der Waals surface area contributed by atoms with Gasteiger partial charge in [0.15, 0.2) is 0 Å². The van der Waals surface area contributed by atoms with Crippen molar-refractivity contribution in [3.05, 3.63) is 36.1 Å². The SMILES string of the molecule is C=N/C=C(\C(=C)C(=C)C)C(=NC)OC1CNC1. The van der Waals surface area contributed by atoms with Crippen LogP contribution in [0, 0.1) is 0 Å². The van der Waals surface area contributed by atoms with Crippen molar-refractivity contribution >= 4 is 12.6 Å². The summed E-state index contributed by atoms with van der Waals surface area (Å²) in [6.45, 7) is 14.8. The number of aliphatic imine (C=N–C) groups is 2. The third-order valence-corrected chi connectivity index (χ3v) is 2.52. The van der Waals surface area contributed by atoms with Gasteiger partial charge in [-0.3, -0.25) is 9.98 Å². The minimum absolute atomic E-state index is 0.167. The monoisotopic (exact) mass is 233 g/mol. The molecule has 4 heteroatoms. The van der Waals surface area contributed by atoms with Crippen LogP contribution in [0.2, 0.25) is 0 Å². The number of hydrogen-bond donors (Lipinski definition) is 1. The molecule has 0 aliphatic carbocycles. The summed E-state index contributed by atoms with van der Waals surface area (Å²) in [5.74, 6) is 0.539. The average Bonchev–Trinajstić information content (AvgIpc) is 2.24. The minimum Gasteiger partial charge on any atom is -0.471 e. The highest BCUT2D eigenvalue weighted by atomic mass is 16.5. The first-order valence-corrected chi connectivity index (χ1v) is 5.45. The van der Waals surface area contributed by atoms with E-state index in [1.807, 2.05) is 6.92 Å². The van der Waals surface area contributed by atoms with Crippen molar-refractivity contribution < 1.29 is 4.74 Å². The van der Waals surface area contributed by atoms with Crippen molar-refractivity contribution in [2.24, 2.45) is 9.98 Å². The van der Waals surface area contributed by atoms with Crippen molar-refractivity contribution in [2.45, 2.75) is 13.0 Å². The van der Waals surface area contributed by atoms with E-state index in [1.54, 1.807) is 13.2 Å². The van der Waals surface area contributed by atoms with Crippen LogP contribution >= 0.6 is 0 Å². The van der Waals surface area contributed by atoms with Crippen LogP contribution < -0.4 is 5.32 Å². The van der Waals surface area contributed by atoms with Crippen molar-refractivity contribution in [3.8, 4) is 0 Å². The summed E-state index contributed by atoms with van der Waals surface area (Å²) < 4.78 is 5.75. The van der Waals surface area contributed by atoms with Gasteiger partial charge in [-0.05, 0) is 19.2 Å². The van der Waals surface area contributed by atoms with Gasteiger partial charge in [-0.2, -0.15) is 0 Å². The van der Waals surface area contributed by atoms with Gasteiger partial charge in [0.2, 0.25) is 5.90 Å². The molecule has 17 heavy (non-hydrogen) atoms. The third-order valence-electron chi connectivity index (χ3n) is 2.52. The van der Waals surface area contributed by atoms with Gasteiger partial charge in [-0.15, -0.1) is 0 Å². The standard InChI is InChI=1S/C13H19N3O/c1-9(2)10(3)12(8-14-4)13(15-5)17-11-6-16-7-11/h8,11,16H,1,3-4,6-7H2,2,5H3/b12-8+,15-13?. The summed E-state index contributed by atoms with van der Waals surface area (Å²) in [5, 5.41) is 3.14. The predicted molar refractivity (Wildman–Crippen MR) is 72.7 cm³/mol. The third kappa shape index (κ3) is 3.39. The molecule has 0 spiro atoms. The van der Waals surface area contributed by atoms with Crippen LogP contribution in [0.3, 0.4) is 0 Å². The molecule has 1 aliphatic heterocycles. The number of nitrogens with zero attached hydrogens (tertiary/aromatic N) is 2. The second-order valence-electron chi connectivity index (χ2n) is 3.91. The zero-order valence-corrected chi connectivity index (χ0v) is 10.5. The molecule has 1 rings (SSSR count). The summed E-state index contributed by atoms with van der Waals surface area (Å²) in [5.41, 5.74) is 2.36. The van der Waals surface area contributed by atoms with E-state index in [2.05, 4.69) is 35.2 Å². The van der Waals surface area contributed by atoms with E-state index < -0.39 is 0 Å². The Balaban J connectivity index is 2.87. The second kappa shape index (κ2) is 6.15. The molecule has 0 radical (unpaired) electrons. The van der Waals surface area contributed by atoms with Crippen LogP contribution in [-0.4, -0.2) is 38.9 Å². The van der Waals surface area contributed by atoms with Crippen LogP contribution in [0.25, 0.3) is 0 Å². The molecule has 0 bridgehead atoms. The Morgan fingerprint density at radius 1 is 1.41 bits per heavy atom. The van der Waals surface area contributed by atoms with E-state index in [-0.39, 0.29) is 6.10 Å². The smallest absolute Gasteiger partial charge is 0.218 e. The van der Waals surface area contributed by atoms with E-state index in [0.717, 1.165) is 29.8 Å². The Bertz CT molecular complexity index is 389. The Kier molecular flexibility index (Phi) is 4.84. The fourth-order valence-corrected chi connectivity index (χ4v) is 1.32. The Morgan fingerprint density at radius 3 is 2.41 bits per heavy atom. The number of rotatable bonds is 5. The topological polar surface area (TPSA) is 46.0 Å². The number of allylic oxidation sites excluding steroid dienone is 1. The Morgan fingerprint density at radius 2 is 2.06 bits per heavy atom. The molecule has 0 unspecified atom stereocenters. The van der Waals surface area contributed by atoms with Gasteiger partial charge in [0.1, 0.15) is 6.10 Å². The molecule has 0 atom stereocenters. The van der Waals surface area contributed by atoms with Gasteiger partial charge in [0.05, 0.1) is 5.57 Å². The van der Waals surface area contributed by atoms with Gasteiger partial charge in [-0.25, -0.2) is 0 Å². The predicted octanol–water partition coefficient (Wildman–Crippen LogP) is 1.72. The van der Waals surface area contributed by atoms with Crippen molar-refractivity contribution in [1.82, 2.24) is 5.32 Å². The fraction of sp³-hybridized carbons (Fsp3) is 0.385. The molecular formula is C13H19N3O. The average molecular weight is 233 g/mol. The summed E-state index contributed by atoms with van der Waals surface area (Å²) in [6, 6.07) is 0. The van der Waals surface area contributed by atoms with Gasteiger partial charge >= 0.3 is 0 Å². The maximum Gasteiger partial charge on any atom is 0.218 e. The number of ether oxygens (including phenoxy) is 1. The molecule has 0 amide bonds. The first kappa shape index (κ1) is 13.4. The highest BCUT2D eigenvalue weighted by molar-refractivity contribution is 5.99. The van der Waals surface area contributed by atoms with Crippen molar-refractivity contribution in [2.75, 3.05) is 20.1 Å². The maximum atomic E-state index is 5.75. The largest absolute Gasteiger partial charge is 0.471 e. The zero-order chi connectivity index (χ0) is 12.8. The van der Waals surface area contributed by atoms with E-state index >= 15 is 0 Å². The van der Waals surface area contributed by atoms with E-state index in [1.165, 1.54) is 0 Å². The number of hydrogen-bond acceptors (Lipinski definition) is 4. The molecule has 1 fully saturated rings. The van der Waals surface area contributed by atoms with Gasteiger partial charge < -0.3 is 10.1 Å². The molecule has 1 N–H and O–H groups in total. The van der Waals surface area contributed by atoms with Crippen molar-refractivity contribution in [3.63, 3.8) is 0 Å². The quantitative estimate of drug-likeness (QED) is 0.446. The highest BCUT2D eigenvalue weighted by Crippen LogP contribution is 2.19. The first-order valence-electron chi connectivity index (χ1n) is 5.45. The van der Waals surface area contributed by atoms with Crippen LogP contribution in [0.1, 0.15) is 6.92 Å². The molecule has 1 saturated heterocycles. The lowest BCUT2D eigenvalue weighted by Crippen LogP contribution is -2.49. The molecule has 0 aromatic carbocycles. The number of nitrogens with one attached hydrogen (secondary N) is 1. The molecule has 4 nitrogen and oxygen atoms in total. The Hall–Kier alpha value is -1.68. The zero-order valence-electron chi connectivity index (χ0n) is 10.5. The van der Waals surface area contributed by atoms with E-state index in [4.69, 9.17) is 4.74 Å². The summed E-state index contributed by atoms with van der Waals surface area (Å²) in [4.78, 5) is 7.91. The van der Waals surface area contributed by atoms with Crippen LogP contribution in [-0.2, 0) is 4.74 Å². The first-order chi connectivity index (χ1) is 8.10. The van der Waals surface area contributed by atoms with Crippen LogP contribution in [0.4, 0.5) is 0 Å². The Labute approximate surface area is 102 Å². The maximum absolute atomic E-state index is 5.75. The summed E-state index contributed by atoms with van der Waals surface area (Å²) in [6.07, 6.45) is 1.77. The van der Waals surface area contributed by atoms with Gasteiger partial charge in [0.25, 0.3) is 0 Å². The molecule has 0 saturated carbocycles. The normalized spacial score (nSPS) is 17.3. The lowest BCUT2D eigenvalue weighted by Gasteiger charge is -2.29. The summed E-state index contributed by atoms with van der Waals surface area (Å²) >= 11 is 0. The van der Waals surface area contributed by atoms with E-state index in [0.29, 0.717) is 5.90 Å². The van der Waals surface area contributed by atoms with Gasteiger partial charge in [0, 0.05) is 26.3 Å². The van der Waals surface area contributed by atoms with Crippen LogP contribution in [0.5, 0.6) is 0 Å². The minimum atomic E-state index is 0.167. The highest BCUT2D eigenvalue weighted by Gasteiger charge is 2.22. The summed E-state index contributed by atoms with van der Waals surface area (Å²) in [7, 11) is 1.68. The molecule has 0 aromatic heterocycles. The fourth-order valence-electron chi connectivity index (χ4n) is 1.32. The van der Waals surface area contributed by atoms with Crippen LogP contribution in [0.15, 0.2) is 46.1 Å². The second-order valence-corrected chi connectivity index (χ2v) is 3.91.